The molecule has 0 spiro atoms. The molecule has 0 radical (unpaired) electrons. The fourth-order valence-electron chi connectivity index (χ4n) is 3.37. The molecule has 0 amide bonds. The number of nitrogens with one attached hydrogen (secondary N) is 1. The summed E-state index contributed by atoms with van der Waals surface area (Å²) in [5.41, 5.74) is 1.90. The zero-order valence-electron chi connectivity index (χ0n) is 13.9. The Morgan fingerprint density at radius 2 is 2.00 bits per heavy atom. The Balaban J connectivity index is 1.64. The van der Waals surface area contributed by atoms with Crippen LogP contribution in [0.1, 0.15) is 31.4 Å². The molecule has 7 heteroatoms. The second-order valence-corrected chi connectivity index (χ2v) is 7.39. The Labute approximate surface area is 149 Å². The SMILES string of the molecule is Cc1nc(N[C@@H]2CCCC[C@H]2O)nnc1-c1ccc2ccsc2c1O. The van der Waals surface area contributed by atoms with Crippen LogP contribution < -0.4 is 5.32 Å². The van der Waals surface area contributed by atoms with Gasteiger partial charge in [-0.2, -0.15) is 0 Å². The van der Waals surface area contributed by atoms with Crippen molar-refractivity contribution < 1.29 is 10.2 Å². The van der Waals surface area contributed by atoms with E-state index in [1.165, 1.54) is 11.3 Å². The highest BCUT2D eigenvalue weighted by atomic mass is 32.1. The van der Waals surface area contributed by atoms with Gasteiger partial charge in [0.1, 0.15) is 11.4 Å². The maximum absolute atomic E-state index is 10.5. The number of fused-ring (bicyclic) bond motifs is 1. The summed E-state index contributed by atoms with van der Waals surface area (Å²) in [5, 5.41) is 35.2. The predicted molar refractivity (Wildman–Crippen MR) is 98.9 cm³/mol. The highest BCUT2D eigenvalue weighted by molar-refractivity contribution is 7.17. The summed E-state index contributed by atoms with van der Waals surface area (Å²) in [7, 11) is 0. The van der Waals surface area contributed by atoms with Crippen molar-refractivity contribution in [2.75, 3.05) is 5.32 Å². The maximum Gasteiger partial charge on any atom is 0.243 e. The van der Waals surface area contributed by atoms with Gasteiger partial charge in [-0.05, 0) is 42.7 Å². The number of aromatic nitrogens is 3. The number of aliphatic hydroxyl groups excluding tert-OH is 1. The molecule has 0 saturated heterocycles. The highest BCUT2D eigenvalue weighted by Crippen LogP contribution is 2.38. The minimum Gasteiger partial charge on any atom is -0.506 e. The minimum atomic E-state index is -0.373. The number of aryl methyl sites for hydroxylation is 1. The summed E-state index contributed by atoms with van der Waals surface area (Å²) >= 11 is 1.50. The van der Waals surface area contributed by atoms with E-state index in [9.17, 15) is 10.2 Å². The van der Waals surface area contributed by atoms with E-state index < -0.39 is 0 Å². The van der Waals surface area contributed by atoms with Crippen LogP contribution in [0.2, 0.25) is 0 Å². The lowest BCUT2D eigenvalue weighted by molar-refractivity contribution is 0.116. The van der Waals surface area contributed by atoms with E-state index in [1.807, 2.05) is 30.5 Å². The van der Waals surface area contributed by atoms with Crippen molar-refractivity contribution in [1.82, 2.24) is 15.2 Å². The summed E-state index contributed by atoms with van der Waals surface area (Å²) in [5.74, 6) is 0.638. The van der Waals surface area contributed by atoms with Crippen molar-refractivity contribution in [2.45, 2.75) is 44.8 Å². The number of nitrogens with zero attached hydrogens (tertiary/aromatic N) is 3. The summed E-state index contributed by atoms with van der Waals surface area (Å²) in [6.45, 7) is 1.85. The van der Waals surface area contributed by atoms with Crippen LogP contribution in [0.3, 0.4) is 0 Å². The van der Waals surface area contributed by atoms with Crippen molar-refractivity contribution in [1.29, 1.82) is 0 Å². The molecule has 3 N–H and O–H groups in total. The molecule has 1 aromatic carbocycles. The standard InChI is InChI=1S/C18H20N4O2S/c1-10-15(12-7-6-11-8-9-25-17(11)16(12)24)21-22-18(19-10)20-13-4-2-3-5-14(13)23/h6-9,13-14,23-24H,2-5H2,1H3,(H,19,20,22)/t13-,14-/m1/s1. The molecule has 0 unspecified atom stereocenters. The van der Waals surface area contributed by atoms with Gasteiger partial charge < -0.3 is 15.5 Å². The summed E-state index contributed by atoms with van der Waals surface area (Å²) in [4.78, 5) is 4.48. The molecule has 1 aliphatic rings. The molecule has 3 aromatic rings. The third-order valence-corrected chi connectivity index (χ3v) is 5.69. The number of benzene rings is 1. The van der Waals surface area contributed by atoms with Gasteiger partial charge in [0.15, 0.2) is 0 Å². The number of anilines is 1. The fraction of sp³-hybridized carbons (Fsp3) is 0.389. The topological polar surface area (TPSA) is 91.2 Å². The molecule has 1 fully saturated rings. The molecule has 2 heterocycles. The lowest BCUT2D eigenvalue weighted by Gasteiger charge is -2.28. The average Bonchev–Trinajstić information content (AvgIpc) is 3.08. The van der Waals surface area contributed by atoms with E-state index in [0.29, 0.717) is 22.9 Å². The first kappa shape index (κ1) is 16.2. The molecule has 130 valence electrons. The van der Waals surface area contributed by atoms with Crippen LogP contribution in [0, 0.1) is 6.92 Å². The lowest BCUT2D eigenvalue weighted by Crippen LogP contribution is -2.37. The summed E-state index contributed by atoms with van der Waals surface area (Å²) < 4.78 is 0.839. The zero-order chi connectivity index (χ0) is 17.4. The van der Waals surface area contributed by atoms with Gasteiger partial charge in [0.05, 0.1) is 22.5 Å². The first-order chi connectivity index (χ1) is 12.1. The third kappa shape index (κ3) is 3.05. The highest BCUT2D eigenvalue weighted by Gasteiger charge is 2.24. The number of rotatable bonds is 3. The van der Waals surface area contributed by atoms with E-state index >= 15 is 0 Å². The molecule has 6 nitrogen and oxygen atoms in total. The van der Waals surface area contributed by atoms with Gasteiger partial charge in [-0.3, -0.25) is 0 Å². The number of phenolic OH excluding ortho intramolecular Hbond substituents is 1. The average molecular weight is 356 g/mol. The first-order valence-electron chi connectivity index (χ1n) is 8.49. The van der Waals surface area contributed by atoms with Crippen LogP contribution in [-0.2, 0) is 0 Å². The molecule has 2 atom stereocenters. The zero-order valence-corrected chi connectivity index (χ0v) is 14.8. The van der Waals surface area contributed by atoms with E-state index in [-0.39, 0.29) is 17.9 Å². The molecule has 2 aromatic heterocycles. The first-order valence-corrected chi connectivity index (χ1v) is 9.37. The normalized spacial score (nSPS) is 20.7. The monoisotopic (exact) mass is 356 g/mol. The van der Waals surface area contributed by atoms with Crippen molar-refractivity contribution in [3.8, 4) is 17.0 Å². The van der Waals surface area contributed by atoms with Crippen LogP contribution in [-0.4, -0.2) is 37.5 Å². The summed E-state index contributed by atoms with van der Waals surface area (Å²) in [6, 6.07) is 5.76. The van der Waals surface area contributed by atoms with Gasteiger partial charge in [0, 0.05) is 5.56 Å². The van der Waals surface area contributed by atoms with Crippen LogP contribution in [0.15, 0.2) is 23.6 Å². The number of phenols is 1. The molecule has 0 bridgehead atoms. The van der Waals surface area contributed by atoms with Crippen molar-refractivity contribution in [3.63, 3.8) is 0 Å². The van der Waals surface area contributed by atoms with Crippen LogP contribution >= 0.6 is 11.3 Å². The van der Waals surface area contributed by atoms with Gasteiger partial charge in [-0.25, -0.2) is 4.98 Å². The Morgan fingerprint density at radius 1 is 1.16 bits per heavy atom. The van der Waals surface area contributed by atoms with Gasteiger partial charge >= 0.3 is 0 Å². The Bertz CT molecular complexity index is 911. The van der Waals surface area contributed by atoms with Crippen LogP contribution in [0.25, 0.3) is 21.3 Å². The Hall–Kier alpha value is -2.25. The van der Waals surface area contributed by atoms with Gasteiger partial charge in [0.2, 0.25) is 5.95 Å². The molecule has 1 saturated carbocycles. The number of aliphatic hydroxyl groups is 1. The lowest BCUT2D eigenvalue weighted by atomic mass is 9.93. The number of thiophene rings is 1. The van der Waals surface area contributed by atoms with Gasteiger partial charge in [-0.1, -0.05) is 18.9 Å². The van der Waals surface area contributed by atoms with Gasteiger partial charge in [0.25, 0.3) is 0 Å². The molecular formula is C18H20N4O2S. The number of aromatic hydroxyl groups is 1. The smallest absolute Gasteiger partial charge is 0.243 e. The van der Waals surface area contributed by atoms with Crippen molar-refractivity contribution in [3.05, 3.63) is 29.3 Å². The van der Waals surface area contributed by atoms with E-state index in [0.717, 1.165) is 35.8 Å². The number of hydrogen-bond donors (Lipinski definition) is 3. The van der Waals surface area contributed by atoms with Crippen LogP contribution in [0.5, 0.6) is 5.75 Å². The molecule has 1 aliphatic carbocycles. The summed E-state index contributed by atoms with van der Waals surface area (Å²) in [6.07, 6.45) is 3.48. The van der Waals surface area contributed by atoms with E-state index in [1.54, 1.807) is 0 Å². The molecule has 4 rings (SSSR count). The second kappa shape index (κ2) is 6.57. The van der Waals surface area contributed by atoms with Crippen LogP contribution in [0.4, 0.5) is 5.95 Å². The number of hydrogen-bond acceptors (Lipinski definition) is 7. The fourth-order valence-corrected chi connectivity index (χ4v) is 4.21. The maximum atomic E-state index is 10.5. The van der Waals surface area contributed by atoms with E-state index in [2.05, 4.69) is 20.5 Å². The minimum absolute atomic E-state index is 0.0309. The van der Waals surface area contributed by atoms with Crippen molar-refractivity contribution >= 4 is 27.4 Å². The molecule has 25 heavy (non-hydrogen) atoms. The Kier molecular flexibility index (Phi) is 4.27. The Morgan fingerprint density at radius 3 is 2.80 bits per heavy atom. The largest absolute Gasteiger partial charge is 0.506 e. The molecular weight excluding hydrogens is 336 g/mol. The second-order valence-electron chi connectivity index (χ2n) is 6.47. The quantitative estimate of drug-likeness (QED) is 0.665. The van der Waals surface area contributed by atoms with E-state index in [4.69, 9.17) is 0 Å². The molecule has 0 aliphatic heterocycles. The van der Waals surface area contributed by atoms with Gasteiger partial charge in [-0.15, -0.1) is 21.5 Å². The van der Waals surface area contributed by atoms with Crippen molar-refractivity contribution in [2.24, 2.45) is 0 Å². The third-order valence-electron chi connectivity index (χ3n) is 4.76. The predicted octanol–water partition coefficient (Wildman–Crippen LogP) is 3.48.